The van der Waals surface area contributed by atoms with E-state index in [0.717, 1.165) is 28.6 Å². The van der Waals surface area contributed by atoms with Crippen molar-refractivity contribution in [2.75, 3.05) is 0 Å². The predicted octanol–water partition coefficient (Wildman–Crippen LogP) is 10.3. The molecule has 0 N–H and O–H groups in total. The summed E-state index contributed by atoms with van der Waals surface area (Å²) in [5, 5.41) is 12.5. The lowest BCUT2D eigenvalue weighted by Gasteiger charge is -2.17. The van der Waals surface area contributed by atoms with E-state index in [0.29, 0.717) is 61.1 Å². The fourth-order valence-corrected chi connectivity index (χ4v) is 6.19. The Morgan fingerprint density at radius 3 is 1.70 bits per heavy atom. The van der Waals surface area contributed by atoms with Gasteiger partial charge in [0.25, 0.3) is 0 Å². The highest BCUT2D eigenvalue weighted by atomic mass is 19.2. The van der Waals surface area contributed by atoms with Crippen molar-refractivity contribution in [2.45, 2.75) is 0 Å². The molecule has 0 saturated heterocycles. The second-order valence-electron chi connectivity index (χ2n) is 11.1. The maximum Gasteiger partial charge on any atom is 0.194 e. The first-order valence-electron chi connectivity index (χ1n) is 14.8. The molecule has 4 nitrogen and oxygen atoms in total. The van der Waals surface area contributed by atoms with Gasteiger partial charge in [-0.15, -0.1) is 0 Å². The number of aromatic nitrogens is 3. The normalized spacial score (nSPS) is 11.3. The molecular weight excluding hydrogens is 593 g/mol. The third kappa shape index (κ3) is 4.66. The molecule has 0 aliphatic rings. The van der Waals surface area contributed by atoms with Crippen molar-refractivity contribution in [1.29, 1.82) is 5.26 Å². The Bertz CT molecular complexity index is 2540. The smallest absolute Gasteiger partial charge is 0.194 e. The van der Waals surface area contributed by atoms with Gasteiger partial charge in [0.05, 0.1) is 45.3 Å². The molecule has 47 heavy (non-hydrogen) atoms. The van der Waals surface area contributed by atoms with Crippen molar-refractivity contribution in [1.82, 2.24) is 15.0 Å². The number of nitrogens with zero attached hydrogens (tertiary/aromatic N) is 4. The number of fused-ring (bicyclic) bond motifs is 5. The lowest BCUT2D eigenvalue weighted by molar-refractivity contribution is 0.448. The summed E-state index contributed by atoms with van der Waals surface area (Å²) in [7, 11) is 0. The number of hydrogen-bond acceptors (Lipinski definition) is 4. The molecule has 0 bridgehead atoms. The van der Waals surface area contributed by atoms with E-state index in [1.807, 2.05) is 84.9 Å². The average molecular weight is 615 g/mol. The topological polar surface area (TPSA) is 62.5 Å². The first kappa shape index (κ1) is 28.1. The highest BCUT2D eigenvalue weighted by molar-refractivity contribution is 6.23. The van der Waals surface area contributed by atoms with Crippen LogP contribution in [0.5, 0.6) is 0 Å². The molecule has 0 saturated carbocycles. The zero-order valence-corrected chi connectivity index (χ0v) is 24.5. The van der Waals surface area contributed by atoms with E-state index in [1.54, 1.807) is 30.3 Å². The molecule has 0 atom stereocenters. The van der Waals surface area contributed by atoms with Gasteiger partial charge in [0.2, 0.25) is 0 Å². The molecule has 0 amide bonds. The predicted molar refractivity (Wildman–Crippen MR) is 179 cm³/mol. The Hall–Kier alpha value is -6.39. The first-order chi connectivity index (χ1) is 23.0. The van der Waals surface area contributed by atoms with Gasteiger partial charge in [0, 0.05) is 32.8 Å². The van der Waals surface area contributed by atoms with Crippen LogP contribution < -0.4 is 0 Å². The lowest BCUT2D eigenvalue weighted by atomic mass is 9.91. The zero-order valence-electron chi connectivity index (χ0n) is 24.5. The van der Waals surface area contributed by atoms with E-state index >= 15 is 0 Å². The van der Waals surface area contributed by atoms with Gasteiger partial charge in [-0.3, -0.25) is 0 Å². The number of halogens is 3. The molecule has 0 unspecified atom stereocenters. The number of benzene rings is 6. The second kappa shape index (κ2) is 11.2. The molecule has 6 aromatic carbocycles. The van der Waals surface area contributed by atoms with E-state index in [9.17, 15) is 18.4 Å². The Balaban J connectivity index is 1.53. The van der Waals surface area contributed by atoms with Crippen LogP contribution in [0.3, 0.4) is 0 Å². The maximum atomic E-state index is 14.5. The fraction of sp³-hybridized carbons (Fsp3) is 0. The van der Waals surface area contributed by atoms with E-state index in [1.165, 1.54) is 0 Å². The highest BCUT2D eigenvalue weighted by Gasteiger charge is 2.23. The van der Waals surface area contributed by atoms with Crippen LogP contribution in [0.1, 0.15) is 5.56 Å². The standard InChI is InChI=1S/C40H21F3N4/c41-30-19-25(20-31(42)36(30)43)27-15-7-8-16-28(27)39-34-26(22-44)21-33-40(35(34)29-17-9-10-18-32(29)45-39)47-38(24-13-5-2-6-14-24)37(46-33)23-11-3-1-4-12-23/h1-21H. The number of para-hydroxylation sites is 1. The second-order valence-corrected chi connectivity index (χ2v) is 11.1. The molecule has 0 fully saturated rings. The largest absolute Gasteiger partial charge is 0.247 e. The van der Waals surface area contributed by atoms with Gasteiger partial charge in [-0.1, -0.05) is 103 Å². The summed E-state index contributed by atoms with van der Waals surface area (Å²) in [4.78, 5) is 15.4. The monoisotopic (exact) mass is 614 g/mol. The van der Waals surface area contributed by atoms with Gasteiger partial charge in [0.15, 0.2) is 17.5 Å². The van der Waals surface area contributed by atoms with Crippen molar-refractivity contribution in [2.24, 2.45) is 0 Å². The molecule has 7 heteroatoms. The van der Waals surface area contributed by atoms with Crippen LogP contribution in [0.25, 0.3) is 77.6 Å². The van der Waals surface area contributed by atoms with E-state index < -0.39 is 17.5 Å². The minimum absolute atomic E-state index is 0.137. The van der Waals surface area contributed by atoms with Crippen molar-refractivity contribution in [3.8, 4) is 51.0 Å². The van der Waals surface area contributed by atoms with E-state index in [2.05, 4.69) is 6.07 Å². The van der Waals surface area contributed by atoms with Crippen LogP contribution in [0.2, 0.25) is 0 Å². The average Bonchev–Trinajstić information content (AvgIpc) is 3.13. The number of hydrogen-bond donors (Lipinski definition) is 0. The summed E-state index contributed by atoms with van der Waals surface area (Å²) in [6.45, 7) is 0. The van der Waals surface area contributed by atoms with Crippen molar-refractivity contribution in [3.63, 3.8) is 0 Å². The van der Waals surface area contributed by atoms with Gasteiger partial charge in [0.1, 0.15) is 0 Å². The summed E-state index contributed by atoms with van der Waals surface area (Å²) >= 11 is 0. The Kier molecular flexibility index (Phi) is 6.70. The summed E-state index contributed by atoms with van der Waals surface area (Å²) in [5.74, 6) is -4.14. The quantitative estimate of drug-likeness (QED) is 0.146. The van der Waals surface area contributed by atoms with Gasteiger partial charge >= 0.3 is 0 Å². The number of nitriles is 1. The molecule has 2 aromatic heterocycles. The Morgan fingerprint density at radius 2 is 1.04 bits per heavy atom. The van der Waals surface area contributed by atoms with Crippen LogP contribution in [0.4, 0.5) is 13.2 Å². The SMILES string of the molecule is N#Cc1cc2nc(-c3ccccc3)c(-c3ccccc3)nc2c2c1c(-c1ccccc1-c1cc(F)c(F)c(F)c1)nc1ccccc12. The molecule has 0 aliphatic heterocycles. The van der Waals surface area contributed by atoms with E-state index in [4.69, 9.17) is 15.0 Å². The first-order valence-corrected chi connectivity index (χ1v) is 14.8. The minimum Gasteiger partial charge on any atom is -0.247 e. The van der Waals surface area contributed by atoms with Gasteiger partial charge < -0.3 is 0 Å². The molecule has 8 aromatic rings. The lowest BCUT2D eigenvalue weighted by Crippen LogP contribution is -2.00. The van der Waals surface area contributed by atoms with Crippen LogP contribution >= 0.6 is 0 Å². The van der Waals surface area contributed by atoms with Crippen LogP contribution in [-0.4, -0.2) is 15.0 Å². The zero-order chi connectivity index (χ0) is 32.1. The molecule has 0 spiro atoms. The minimum atomic E-state index is -1.54. The third-order valence-electron chi connectivity index (χ3n) is 8.29. The van der Waals surface area contributed by atoms with Gasteiger partial charge in [-0.25, -0.2) is 28.1 Å². The third-order valence-corrected chi connectivity index (χ3v) is 8.29. The molecule has 0 radical (unpaired) electrons. The molecule has 0 aliphatic carbocycles. The van der Waals surface area contributed by atoms with Gasteiger partial charge in [-0.05, 0) is 35.4 Å². The summed E-state index contributed by atoms with van der Waals surface area (Å²) in [5.41, 5.74) is 6.67. The van der Waals surface area contributed by atoms with Crippen molar-refractivity contribution >= 4 is 32.7 Å². The number of rotatable bonds is 4. The number of pyridine rings is 1. The van der Waals surface area contributed by atoms with Crippen LogP contribution in [0, 0.1) is 28.8 Å². The van der Waals surface area contributed by atoms with Crippen molar-refractivity contribution in [3.05, 3.63) is 150 Å². The summed E-state index contributed by atoms with van der Waals surface area (Å²) in [6.07, 6.45) is 0. The van der Waals surface area contributed by atoms with Gasteiger partial charge in [-0.2, -0.15) is 5.26 Å². The van der Waals surface area contributed by atoms with Crippen LogP contribution in [0.15, 0.2) is 127 Å². The fourth-order valence-electron chi connectivity index (χ4n) is 6.19. The molecular formula is C40H21F3N4. The van der Waals surface area contributed by atoms with E-state index in [-0.39, 0.29) is 5.56 Å². The molecule has 222 valence electrons. The highest BCUT2D eigenvalue weighted by Crippen LogP contribution is 2.43. The summed E-state index contributed by atoms with van der Waals surface area (Å²) < 4.78 is 42.9. The Labute approximate surface area is 267 Å². The molecule has 8 rings (SSSR count). The summed E-state index contributed by atoms with van der Waals surface area (Å²) in [6, 6.07) is 40.1. The maximum absolute atomic E-state index is 14.5. The van der Waals surface area contributed by atoms with Crippen molar-refractivity contribution < 1.29 is 13.2 Å². The molecule has 2 heterocycles. The van der Waals surface area contributed by atoms with Crippen LogP contribution in [-0.2, 0) is 0 Å². The Morgan fingerprint density at radius 1 is 0.489 bits per heavy atom.